The number of imidazole rings is 1. The summed E-state index contributed by atoms with van der Waals surface area (Å²) in [4.78, 5) is 16.4. The first-order valence-electron chi connectivity index (χ1n) is 6.63. The topological polar surface area (TPSA) is 59.0 Å². The van der Waals surface area contributed by atoms with Crippen LogP contribution in [-0.4, -0.2) is 27.5 Å². The Morgan fingerprint density at radius 2 is 2.16 bits per heavy atom. The number of amides is 1. The number of aryl methyl sites for hydroxylation is 1. The monoisotopic (exact) mass is 258 g/mol. The van der Waals surface area contributed by atoms with E-state index in [-0.39, 0.29) is 11.9 Å². The Balaban J connectivity index is 1.76. The van der Waals surface area contributed by atoms with Gasteiger partial charge in [-0.2, -0.15) is 0 Å². The number of aromatic nitrogens is 2. The van der Waals surface area contributed by atoms with Crippen LogP contribution in [0.2, 0.25) is 0 Å². The lowest BCUT2D eigenvalue weighted by molar-refractivity contribution is -0.121. The van der Waals surface area contributed by atoms with Crippen molar-refractivity contribution in [2.75, 3.05) is 5.32 Å². The standard InChI is InChI=1S/C14H18N4O/c1-9(13(19)16-10-7-8-10)15-14-17-11-5-3-4-6-12(11)18(14)2/h3-6,9-10H,7-8H2,1-2H3,(H,15,17)(H,16,19). The molecular weight excluding hydrogens is 240 g/mol. The second-order valence-electron chi connectivity index (χ2n) is 5.13. The Morgan fingerprint density at radius 1 is 1.42 bits per heavy atom. The second-order valence-corrected chi connectivity index (χ2v) is 5.13. The van der Waals surface area contributed by atoms with Crippen LogP contribution in [0.4, 0.5) is 5.95 Å². The summed E-state index contributed by atoms with van der Waals surface area (Å²) in [6, 6.07) is 8.03. The molecule has 0 radical (unpaired) electrons. The summed E-state index contributed by atoms with van der Waals surface area (Å²) in [5, 5.41) is 6.16. The molecule has 1 unspecified atom stereocenters. The Labute approximate surface area is 112 Å². The molecule has 1 aliphatic rings. The summed E-state index contributed by atoms with van der Waals surface area (Å²) >= 11 is 0. The third-order valence-corrected chi connectivity index (χ3v) is 3.45. The van der Waals surface area contributed by atoms with Gasteiger partial charge in [0.2, 0.25) is 11.9 Å². The fourth-order valence-electron chi connectivity index (χ4n) is 2.09. The van der Waals surface area contributed by atoms with Crippen molar-refractivity contribution >= 4 is 22.9 Å². The minimum absolute atomic E-state index is 0.0366. The van der Waals surface area contributed by atoms with Gasteiger partial charge in [-0.05, 0) is 31.9 Å². The molecule has 2 N–H and O–H groups in total. The highest BCUT2D eigenvalue weighted by Crippen LogP contribution is 2.20. The fourth-order valence-corrected chi connectivity index (χ4v) is 2.09. The zero-order valence-electron chi connectivity index (χ0n) is 11.2. The number of nitrogens with zero attached hydrogens (tertiary/aromatic N) is 2. The minimum atomic E-state index is -0.281. The van der Waals surface area contributed by atoms with E-state index < -0.39 is 0 Å². The van der Waals surface area contributed by atoms with Crippen molar-refractivity contribution < 1.29 is 4.79 Å². The minimum Gasteiger partial charge on any atom is -0.352 e. The number of nitrogens with one attached hydrogen (secondary N) is 2. The van der Waals surface area contributed by atoms with E-state index in [0.29, 0.717) is 6.04 Å². The van der Waals surface area contributed by atoms with Gasteiger partial charge >= 0.3 is 0 Å². The number of hydrogen-bond donors (Lipinski definition) is 2. The van der Waals surface area contributed by atoms with Gasteiger partial charge in [0.15, 0.2) is 0 Å². The number of carbonyl (C=O) groups is 1. The van der Waals surface area contributed by atoms with Crippen molar-refractivity contribution in [3.8, 4) is 0 Å². The molecule has 0 aliphatic heterocycles. The lowest BCUT2D eigenvalue weighted by Crippen LogP contribution is -2.39. The normalized spacial score (nSPS) is 16.3. The van der Waals surface area contributed by atoms with Crippen LogP contribution >= 0.6 is 0 Å². The number of hydrogen-bond acceptors (Lipinski definition) is 3. The molecule has 100 valence electrons. The second kappa shape index (κ2) is 4.57. The van der Waals surface area contributed by atoms with Gasteiger partial charge in [0.05, 0.1) is 11.0 Å². The SMILES string of the molecule is CC(Nc1nc2ccccc2n1C)C(=O)NC1CC1. The van der Waals surface area contributed by atoms with Crippen LogP contribution in [0.3, 0.4) is 0 Å². The molecule has 1 fully saturated rings. The van der Waals surface area contributed by atoms with E-state index in [1.54, 1.807) is 0 Å². The van der Waals surface area contributed by atoms with Crippen LogP contribution in [0.15, 0.2) is 24.3 Å². The predicted octanol–water partition coefficient (Wildman–Crippen LogP) is 1.65. The van der Waals surface area contributed by atoms with Gasteiger partial charge in [0.25, 0.3) is 0 Å². The van der Waals surface area contributed by atoms with Crippen molar-refractivity contribution in [3.05, 3.63) is 24.3 Å². The maximum Gasteiger partial charge on any atom is 0.242 e. The zero-order valence-corrected chi connectivity index (χ0v) is 11.2. The number of rotatable bonds is 4. The average Bonchev–Trinajstić information content (AvgIpc) is 3.16. The fraction of sp³-hybridized carbons (Fsp3) is 0.429. The Hall–Kier alpha value is -2.04. The molecule has 1 heterocycles. The summed E-state index contributed by atoms with van der Waals surface area (Å²) in [7, 11) is 1.95. The Kier molecular flexibility index (Phi) is 2.89. The molecule has 1 amide bonds. The quantitative estimate of drug-likeness (QED) is 0.876. The molecule has 1 aromatic carbocycles. The summed E-state index contributed by atoms with van der Waals surface area (Å²) in [6.45, 7) is 1.86. The third-order valence-electron chi connectivity index (χ3n) is 3.45. The lowest BCUT2D eigenvalue weighted by Gasteiger charge is -2.14. The first kappa shape index (κ1) is 12.0. The molecule has 5 heteroatoms. The average molecular weight is 258 g/mol. The van der Waals surface area contributed by atoms with E-state index in [2.05, 4.69) is 15.6 Å². The van der Waals surface area contributed by atoms with Crippen LogP contribution < -0.4 is 10.6 Å². The largest absolute Gasteiger partial charge is 0.352 e. The summed E-state index contributed by atoms with van der Waals surface area (Å²) in [6.07, 6.45) is 2.20. The highest BCUT2D eigenvalue weighted by Gasteiger charge is 2.26. The summed E-state index contributed by atoms with van der Waals surface area (Å²) in [5.74, 6) is 0.759. The molecule has 2 aromatic rings. The third kappa shape index (κ3) is 2.41. The van der Waals surface area contributed by atoms with Crippen LogP contribution in [0, 0.1) is 0 Å². The van der Waals surface area contributed by atoms with Crippen molar-refractivity contribution in [1.29, 1.82) is 0 Å². The molecule has 5 nitrogen and oxygen atoms in total. The number of para-hydroxylation sites is 2. The molecule has 1 aliphatic carbocycles. The van der Waals surface area contributed by atoms with Crippen LogP contribution in [0.25, 0.3) is 11.0 Å². The highest BCUT2D eigenvalue weighted by molar-refractivity contribution is 5.85. The van der Waals surface area contributed by atoms with E-state index in [0.717, 1.165) is 29.8 Å². The van der Waals surface area contributed by atoms with Gasteiger partial charge in [-0.1, -0.05) is 12.1 Å². The van der Waals surface area contributed by atoms with Gasteiger partial charge in [-0.3, -0.25) is 4.79 Å². The maximum absolute atomic E-state index is 11.9. The van der Waals surface area contributed by atoms with E-state index in [1.807, 2.05) is 42.8 Å². The number of anilines is 1. The van der Waals surface area contributed by atoms with E-state index in [9.17, 15) is 4.79 Å². The Bertz CT molecular complexity index is 615. The van der Waals surface area contributed by atoms with Gasteiger partial charge in [-0.25, -0.2) is 4.98 Å². The van der Waals surface area contributed by atoms with Crippen molar-refractivity contribution in [3.63, 3.8) is 0 Å². The first-order chi connectivity index (χ1) is 9.15. The maximum atomic E-state index is 11.9. The Morgan fingerprint density at radius 3 is 2.84 bits per heavy atom. The molecule has 0 spiro atoms. The lowest BCUT2D eigenvalue weighted by atomic mass is 10.3. The first-order valence-corrected chi connectivity index (χ1v) is 6.63. The molecule has 1 atom stereocenters. The number of fused-ring (bicyclic) bond motifs is 1. The van der Waals surface area contributed by atoms with Crippen LogP contribution in [-0.2, 0) is 11.8 Å². The van der Waals surface area contributed by atoms with Gasteiger partial charge in [-0.15, -0.1) is 0 Å². The van der Waals surface area contributed by atoms with Crippen LogP contribution in [0.5, 0.6) is 0 Å². The molecular formula is C14H18N4O. The predicted molar refractivity (Wildman–Crippen MR) is 75.0 cm³/mol. The molecule has 19 heavy (non-hydrogen) atoms. The number of carbonyl (C=O) groups excluding carboxylic acids is 1. The van der Waals surface area contributed by atoms with E-state index >= 15 is 0 Å². The molecule has 0 bridgehead atoms. The van der Waals surface area contributed by atoms with Crippen LogP contribution in [0.1, 0.15) is 19.8 Å². The van der Waals surface area contributed by atoms with Gasteiger partial charge in [0, 0.05) is 13.1 Å². The molecule has 3 rings (SSSR count). The smallest absolute Gasteiger partial charge is 0.242 e. The highest BCUT2D eigenvalue weighted by atomic mass is 16.2. The van der Waals surface area contributed by atoms with Crippen molar-refractivity contribution in [2.45, 2.75) is 31.8 Å². The molecule has 1 saturated carbocycles. The summed E-state index contributed by atoms with van der Waals surface area (Å²) < 4.78 is 1.97. The molecule has 0 saturated heterocycles. The van der Waals surface area contributed by atoms with Crippen molar-refractivity contribution in [1.82, 2.24) is 14.9 Å². The zero-order chi connectivity index (χ0) is 13.4. The summed E-state index contributed by atoms with van der Waals surface area (Å²) in [5.41, 5.74) is 1.99. The van der Waals surface area contributed by atoms with Crippen molar-refractivity contribution in [2.24, 2.45) is 7.05 Å². The van der Waals surface area contributed by atoms with Gasteiger partial charge in [0.1, 0.15) is 6.04 Å². The van der Waals surface area contributed by atoms with E-state index in [4.69, 9.17) is 0 Å². The van der Waals surface area contributed by atoms with Gasteiger partial charge < -0.3 is 15.2 Å². The number of benzene rings is 1. The van der Waals surface area contributed by atoms with E-state index in [1.165, 1.54) is 0 Å². The molecule has 1 aromatic heterocycles.